The predicted octanol–water partition coefficient (Wildman–Crippen LogP) is 2.41. The molecule has 0 aliphatic carbocycles. The molecule has 6 heteroatoms. The van der Waals surface area contributed by atoms with Crippen LogP contribution in [0.15, 0.2) is 18.2 Å². The van der Waals surface area contributed by atoms with Crippen molar-refractivity contribution in [2.75, 3.05) is 0 Å². The van der Waals surface area contributed by atoms with E-state index in [1.807, 2.05) is 0 Å². The standard InChI is InChI=1S/C9H11F3N2.ClH/c1-6(13)5-7-3-2-4-8(14-7)9(10,11)12;/h2-4,6H,5,13H2,1H3;1H. The SMILES string of the molecule is CC(N)Cc1cccc(C(F)(F)F)n1.Cl. The number of aromatic nitrogens is 1. The van der Waals surface area contributed by atoms with Gasteiger partial charge >= 0.3 is 6.18 Å². The summed E-state index contributed by atoms with van der Waals surface area (Å²) in [4.78, 5) is 3.48. The average Bonchev–Trinajstić information content (AvgIpc) is 2.01. The third-order valence-corrected chi connectivity index (χ3v) is 1.63. The molecule has 1 unspecified atom stereocenters. The monoisotopic (exact) mass is 240 g/mol. The Bertz CT molecular complexity index is 312. The van der Waals surface area contributed by atoms with Crippen LogP contribution in [0.5, 0.6) is 0 Å². The van der Waals surface area contributed by atoms with Crippen LogP contribution in [0.25, 0.3) is 0 Å². The summed E-state index contributed by atoms with van der Waals surface area (Å²) in [5.41, 5.74) is 4.97. The summed E-state index contributed by atoms with van der Waals surface area (Å²) < 4.78 is 36.6. The summed E-state index contributed by atoms with van der Waals surface area (Å²) >= 11 is 0. The second kappa shape index (κ2) is 5.32. The molecule has 1 aromatic rings. The number of alkyl halides is 3. The maximum absolute atomic E-state index is 12.2. The van der Waals surface area contributed by atoms with Crippen molar-refractivity contribution in [2.24, 2.45) is 5.73 Å². The van der Waals surface area contributed by atoms with Crippen LogP contribution < -0.4 is 5.73 Å². The van der Waals surface area contributed by atoms with Crippen LogP contribution in [0.1, 0.15) is 18.3 Å². The van der Waals surface area contributed by atoms with Gasteiger partial charge < -0.3 is 5.73 Å². The highest BCUT2D eigenvalue weighted by Gasteiger charge is 2.32. The highest BCUT2D eigenvalue weighted by atomic mass is 35.5. The molecule has 2 N–H and O–H groups in total. The number of rotatable bonds is 2. The zero-order chi connectivity index (χ0) is 10.8. The van der Waals surface area contributed by atoms with Crippen molar-refractivity contribution in [2.45, 2.75) is 25.6 Å². The Morgan fingerprint density at radius 2 is 2.00 bits per heavy atom. The quantitative estimate of drug-likeness (QED) is 0.862. The third kappa shape index (κ3) is 4.48. The number of halogens is 4. The molecule has 1 aromatic heterocycles. The summed E-state index contributed by atoms with van der Waals surface area (Å²) in [5.74, 6) is 0. The molecule has 1 rings (SSSR count). The second-order valence-corrected chi connectivity index (χ2v) is 3.19. The van der Waals surface area contributed by atoms with E-state index < -0.39 is 11.9 Å². The van der Waals surface area contributed by atoms with E-state index in [4.69, 9.17) is 5.73 Å². The van der Waals surface area contributed by atoms with Gasteiger partial charge in [-0.05, 0) is 19.1 Å². The Morgan fingerprint density at radius 3 is 2.47 bits per heavy atom. The van der Waals surface area contributed by atoms with Crippen LogP contribution in [0.4, 0.5) is 13.2 Å². The molecule has 15 heavy (non-hydrogen) atoms. The third-order valence-electron chi connectivity index (χ3n) is 1.63. The van der Waals surface area contributed by atoms with Gasteiger partial charge in [-0.2, -0.15) is 13.2 Å². The predicted molar refractivity (Wildman–Crippen MR) is 53.8 cm³/mol. The normalized spacial score (nSPS) is 13.1. The van der Waals surface area contributed by atoms with Crippen molar-refractivity contribution >= 4 is 12.4 Å². The number of hydrogen-bond donors (Lipinski definition) is 1. The van der Waals surface area contributed by atoms with Crippen molar-refractivity contribution in [3.05, 3.63) is 29.6 Å². The summed E-state index contributed by atoms with van der Waals surface area (Å²) in [6, 6.07) is 3.64. The van der Waals surface area contributed by atoms with E-state index in [9.17, 15) is 13.2 Å². The first-order valence-corrected chi connectivity index (χ1v) is 4.18. The number of pyridine rings is 1. The summed E-state index contributed by atoms with van der Waals surface area (Å²) in [5, 5.41) is 0. The van der Waals surface area contributed by atoms with E-state index >= 15 is 0 Å². The minimum absolute atomic E-state index is 0. The lowest BCUT2D eigenvalue weighted by molar-refractivity contribution is -0.141. The van der Waals surface area contributed by atoms with E-state index in [2.05, 4.69) is 4.98 Å². The van der Waals surface area contributed by atoms with Gasteiger partial charge in [0.1, 0.15) is 5.69 Å². The van der Waals surface area contributed by atoms with Gasteiger partial charge in [0.15, 0.2) is 0 Å². The average molecular weight is 241 g/mol. The van der Waals surface area contributed by atoms with Crippen LogP contribution in [0.3, 0.4) is 0 Å². The first kappa shape index (κ1) is 14.2. The van der Waals surface area contributed by atoms with Crippen molar-refractivity contribution < 1.29 is 13.2 Å². The van der Waals surface area contributed by atoms with E-state index in [-0.39, 0.29) is 18.4 Å². The van der Waals surface area contributed by atoms with Gasteiger partial charge in [-0.1, -0.05) is 6.07 Å². The molecule has 0 aliphatic rings. The van der Waals surface area contributed by atoms with Crippen molar-refractivity contribution in [1.82, 2.24) is 4.98 Å². The van der Waals surface area contributed by atoms with Gasteiger partial charge in [0.25, 0.3) is 0 Å². The molecule has 0 spiro atoms. The molecule has 0 bridgehead atoms. The Hall–Kier alpha value is -0.810. The Labute approximate surface area is 92.1 Å². The summed E-state index contributed by atoms with van der Waals surface area (Å²) in [6.07, 6.45) is -4.03. The van der Waals surface area contributed by atoms with Gasteiger partial charge in [0.05, 0.1) is 0 Å². The largest absolute Gasteiger partial charge is 0.433 e. The van der Waals surface area contributed by atoms with Crippen molar-refractivity contribution in [3.8, 4) is 0 Å². The van der Waals surface area contributed by atoms with Gasteiger partial charge in [0.2, 0.25) is 0 Å². The zero-order valence-corrected chi connectivity index (χ0v) is 8.90. The molecular weight excluding hydrogens is 229 g/mol. The molecule has 0 aliphatic heterocycles. The molecule has 2 nitrogen and oxygen atoms in total. The summed E-state index contributed by atoms with van der Waals surface area (Å²) in [6.45, 7) is 1.72. The molecule has 0 amide bonds. The second-order valence-electron chi connectivity index (χ2n) is 3.19. The summed E-state index contributed by atoms with van der Waals surface area (Å²) in [7, 11) is 0. The molecule has 86 valence electrons. The van der Waals surface area contributed by atoms with E-state index in [1.54, 1.807) is 13.0 Å². The molecule has 0 fully saturated rings. The number of hydrogen-bond acceptors (Lipinski definition) is 2. The van der Waals surface area contributed by atoms with Crippen LogP contribution in [0, 0.1) is 0 Å². The van der Waals surface area contributed by atoms with E-state index in [1.165, 1.54) is 6.07 Å². The minimum Gasteiger partial charge on any atom is -0.328 e. The van der Waals surface area contributed by atoms with Crippen molar-refractivity contribution in [3.63, 3.8) is 0 Å². The lowest BCUT2D eigenvalue weighted by Crippen LogP contribution is -2.19. The smallest absolute Gasteiger partial charge is 0.328 e. The fourth-order valence-electron chi connectivity index (χ4n) is 1.08. The van der Waals surface area contributed by atoms with Crippen LogP contribution in [-0.4, -0.2) is 11.0 Å². The number of nitrogens with zero attached hydrogens (tertiary/aromatic N) is 1. The van der Waals surface area contributed by atoms with E-state index in [0.29, 0.717) is 12.1 Å². The lowest BCUT2D eigenvalue weighted by Gasteiger charge is -2.08. The zero-order valence-electron chi connectivity index (χ0n) is 8.08. The Balaban J connectivity index is 0.00000196. The van der Waals surface area contributed by atoms with E-state index in [0.717, 1.165) is 6.07 Å². The highest BCUT2D eigenvalue weighted by Crippen LogP contribution is 2.27. The molecule has 0 saturated heterocycles. The lowest BCUT2D eigenvalue weighted by atomic mass is 10.1. The first-order chi connectivity index (χ1) is 6.39. The fourth-order valence-corrected chi connectivity index (χ4v) is 1.08. The van der Waals surface area contributed by atoms with Crippen LogP contribution >= 0.6 is 12.4 Å². The molecule has 1 atom stereocenters. The van der Waals surface area contributed by atoms with Crippen molar-refractivity contribution in [1.29, 1.82) is 0 Å². The number of nitrogens with two attached hydrogens (primary N) is 1. The van der Waals surface area contributed by atoms with Gasteiger partial charge in [-0.25, -0.2) is 4.98 Å². The van der Waals surface area contributed by atoms with Gasteiger partial charge in [-0.15, -0.1) is 12.4 Å². The first-order valence-electron chi connectivity index (χ1n) is 4.18. The molecule has 1 heterocycles. The molecule has 0 saturated carbocycles. The van der Waals surface area contributed by atoms with Crippen LogP contribution in [0.2, 0.25) is 0 Å². The van der Waals surface area contributed by atoms with Gasteiger partial charge in [-0.3, -0.25) is 0 Å². The molecule has 0 aromatic carbocycles. The van der Waals surface area contributed by atoms with Gasteiger partial charge in [0, 0.05) is 18.2 Å². The fraction of sp³-hybridized carbons (Fsp3) is 0.444. The Kier molecular flexibility index (Phi) is 5.03. The molecular formula is C9H12ClF3N2. The Morgan fingerprint density at radius 1 is 1.40 bits per heavy atom. The highest BCUT2D eigenvalue weighted by molar-refractivity contribution is 5.85. The topological polar surface area (TPSA) is 38.9 Å². The van der Waals surface area contributed by atoms with Crippen LogP contribution in [-0.2, 0) is 12.6 Å². The maximum atomic E-state index is 12.2. The minimum atomic E-state index is -4.38. The molecule has 0 radical (unpaired) electrons. The maximum Gasteiger partial charge on any atom is 0.433 e.